The molecule has 5 rings (SSSR count). The van der Waals surface area contributed by atoms with Crippen molar-refractivity contribution in [1.29, 1.82) is 0 Å². The van der Waals surface area contributed by atoms with Crippen LogP contribution in [0.3, 0.4) is 0 Å². The number of hydrogen-bond donors (Lipinski definition) is 1. The number of nitrogens with one attached hydrogen (secondary N) is 1. The van der Waals surface area contributed by atoms with Gasteiger partial charge in [-0.3, -0.25) is 19.4 Å². The third-order valence-electron chi connectivity index (χ3n) is 6.11. The van der Waals surface area contributed by atoms with Crippen molar-refractivity contribution in [3.05, 3.63) is 65.4 Å². The Balaban J connectivity index is 1.86. The lowest BCUT2D eigenvalue weighted by Crippen LogP contribution is -2.59. The van der Waals surface area contributed by atoms with E-state index in [0.717, 1.165) is 39.8 Å². The molecule has 0 saturated carbocycles. The van der Waals surface area contributed by atoms with E-state index in [2.05, 4.69) is 11.1 Å². The molecular weight excluding hydrogens is 364 g/mol. The number of anilines is 1. The minimum Gasteiger partial charge on any atom is -0.355 e. The van der Waals surface area contributed by atoms with E-state index < -0.39 is 5.54 Å². The van der Waals surface area contributed by atoms with Crippen molar-refractivity contribution < 1.29 is 9.59 Å². The van der Waals surface area contributed by atoms with Crippen molar-refractivity contribution in [2.45, 2.75) is 18.9 Å². The number of aromatic amines is 1. The monoisotopic (exact) mass is 388 g/mol. The number of carbonyl (C=O) groups excluding carboxylic acids is 2. The van der Waals surface area contributed by atoms with Gasteiger partial charge in [0.2, 0.25) is 5.91 Å². The lowest BCUT2D eigenvalue weighted by atomic mass is 9.80. The molecule has 2 aromatic carbocycles. The molecule has 0 aliphatic carbocycles. The molecule has 1 atom stereocenters. The minimum atomic E-state index is -1.15. The van der Waals surface area contributed by atoms with Crippen molar-refractivity contribution in [2.24, 2.45) is 0 Å². The fourth-order valence-electron chi connectivity index (χ4n) is 5.05. The van der Waals surface area contributed by atoms with E-state index in [-0.39, 0.29) is 11.8 Å². The normalized spacial score (nSPS) is 20.6. The van der Waals surface area contributed by atoms with Gasteiger partial charge in [0.25, 0.3) is 5.91 Å². The summed E-state index contributed by atoms with van der Waals surface area (Å²) >= 11 is 0. The van der Waals surface area contributed by atoms with E-state index in [4.69, 9.17) is 0 Å². The third kappa shape index (κ3) is 2.26. The number of amides is 2. The summed E-state index contributed by atoms with van der Waals surface area (Å²) in [7, 11) is 3.89. The Bertz CT molecular complexity index is 1150. The number of para-hydroxylation sites is 2. The van der Waals surface area contributed by atoms with Crippen LogP contribution in [-0.2, 0) is 21.5 Å². The second kappa shape index (κ2) is 6.19. The molecule has 1 N–H and O–H groups in total. The molecule has 29 heavy (non-hydrogen) atoms. The molecule has 0 bridgehead atoms. The number of carbonyl (C=O) groups is 2. The average molecular weight is 388 g/mol. The van der Waals surface area contributed by atoms with Crippen molar-refractivity contribution in [2.75, 3.05) is 32.2 Å². The van der Waals surface area contributed by atoms with Crippen molar-refractivity contribution in [1.82, 2.24) is 14.8 Å². The Morgan fingerprint density at radius 1 is 1.14 bits per heavy atom. The maximum atomic E-state index is 14.1. The number of hydrogen-bond acceptors (Lipinski definition) is 3. The Kier molecular flexibility index (Phi) is 3.83. The molecule has 6 nitrogen and oxygen atoms in total. The first-order chi connectivity index (χ1) is 14.0. The van der Waals surface area contributed by atoms with Crippen LogP contribution in [0.1, 0.15) is 23.7 Å². The lowest BCUT2D eigenvalue weighted by molar-refractivity contribution is -0.143. The second-order valence-electron chi connectivity index (χ2n) is 8.13. The molecule has 1 aromatic heterocycles. The van der Waals surface area contributed by atoms with Crippen LogP contribution in [0.2, 0.25) is 0 Å². The lowest BCUT2D eigenvalue weighted by Gasteiger charge is -2.43. The summed E-state index contributed by atoms with van der Waals surface area (Å²) in [5.74, 6) is -0.167. The van der Waals surface area contributed by atoms with Gasteiger partial charge in [-0.05, 0) is 38.2 Å². The first-order valence-electron chi connectivity index (χ1n) is 9.90. The number of aromatic nitrogens is 1. The predicted octanol–water partition coefficient (Wildman–Crippen LogP) is 2.68. The van der Waals surface area contributed by atoms with Gasteiger partial charge in [-0.2, -0.15) is 0 Å². The van der Waals surface area contributed by atoms with Gasteiger partial charge in [0.05, 0.1) is 18.1 Å². The maximum absolute atomic E-state index is 14.1. The van der Waals surface area contributed by atoms with E-state index in [0.29, 0.717) is 13.2 Å². The van der Waals surface area contributed by atoms with Gasteiger partial charge in [-0.25, -0.2) is 0 Å². The van der Waals surface area contributed by atoms with E-state index in [1.807, 2.05) is 61.5 Å². The largest absolute Gasteiger partial charge is 0.355 e. The molecule has 1 spiro atoms. The highest BCUT2D eigenvalue weighted by atomic mass is 16.2. The molecule has 1 unspecified atom stereocenters. The Morgan fingerprint density at radius 2 is 1.86 bits per heavy atom. The van der Waals surface area contributed by atoms with Gasteiger partial charge in [0.15, 0.2) is 5.54 Å². The number of fused-ring (bicyclic) bond motifs is 6. The quantitative estimate of drug-likeness (QED) is 0.734. The van der Waals surface area contributed by atoms with Gasteiger partial charge in [-0.1, -0.05) is 36.4 Å². The first-order valence-corrected chi connectivity index (χ1v) is 9.90. The van der Waals surface area contributed by atoms with Gasteiger partial charge in [-0.15, -0.1) is 0 Å². The van der Waals surface area contributed by atoms with Crippen LogP contribution < -0.4 is 4.90 Å². The second-order valence-corrected chi connectivity index (χ2v) is 8.13. The van der Waals surface area contributed by atoms with Gasteiger partial charge >= 0.3 is 0 Å². The van der Waals surface area contributed by atoms with Crippen LogP contribution in [0.4, 0.5) is 5.69 Å². The van der Waals surface area contributed by atoms with Gasteiger partial charge in [0, 0.05) is 29.9 Å². The smallest absolute Gasteiger partial charge is 0.265 e. The zero-order valence-electron chi connectivity index (χ0n) is 16.9. The van der Waals surface area contributed by atoms with Crippen LogP contribution in [0, 0.1) is 0 Å². The molecule has 0 saturated heterocycles. The molecule has 2 aliphatic rings. The summed E-state index contributed by atoms with van der Waals surface area (Å²) in [4.78, 5) is 36.0. The molecule has 2 amide bonds. The van der Waals surface area contributed by atoms with Crippen molar-refractivity contribution in [3.63, 3.8) is 0 Å². The highest BCUT2D eigenvalue weighted by Crippen LogP contribution is 2.51. The van der Waals surface area contributed by atoms with Crippen LogP contribution >= 0.6 is 0 Å². The van der Waals surface area contributed by atoms with Crippen LogP contribution in [0.15, 0.2) is 48.5 Å². The Labute approximate surface area is 169 Å². The van der Waals surface area contributed by atoms with Crippen LogP contribution in [0.5, 0.6) is 0 Å². The molecule has 6 heteroatoms. The molecule has 2 aliphatic heterocycles. The zero-order chi connectivity index (χ0) is 20.3. The predicted molar refractivity (Wildman–Crippen MR) is 113 cm³/mol. The van der Waals surface area contributed by atoms with E-state index in [1.54, 1.807) is 16.7 Å². The van der Waals surface area contributed by atoms with Gasteiger partial charge in [0.1, 0.15) is 0 Å². The highest BCUT2D eigenvalue weighted by molar-refractivity contribution is 6.12. The Hall–Kier alpha value is -3.12. The summed E-state index contributed by atoms with van der Waals surface area (Å²) in [5, 5.41) is 1.13. The molecule has 3 aromatic rings. The van der Waals surface area contributed by atoms with Crippen LogP contribution in [0.25, 0.3) is 10.9 Å². The molecular formula is C23H24N4O2. The summed E-state index contributed by atoms with van der Waals surface area (Å²) in [6.45, 7) is 2.53. The van der Waals surface area contributed by atoms with Crippen molar-refractivity contribution >= 4 is 28.4 Å². The maximum Gasteiger partial charge on any atom is 0.265 e. The topological polar surface area (TPSA) is 59.7 Å². The summed E-state index contributed by atoms with van der Waals surface area (Å²) < 4.78 is 0. The van der Waals surface area contributed by atoms with Crippen LogP contribution in [-0.4, -0.2) is 53.9 Å². The number of benzene rings is 2. The molecule has 3 heterocycles. The average Bonchev–Trinajstić information content (AvgIpc) is 3.19. The SMILES string of the molecule is CC(=O)N1CCc2c([nH]c3ccccc23)C12C(=O)N(CN(C)C)c1ccccc12. The number of H-pyrrole nitrogens is 1. The third-order valence-corrected chi connectivity index (χ3v) is 6.11. The minimum absolute atomic E-state index is 0.0740. The summed E-state index contributed by atoms with van der Waals surface area (Å²) in [6.07, 6.45) is 0.726. The van der Waals surface area contributed by atoms with Gasteiger partial charge < -0.3 is 9.88 Å². The zero-order valence-corrected chi connectivity index (χ0v) is 16.9. The fraction of sp³-hybridized carbons (Fsp3) is 0.304. The van der Waals surface area contributed by atoms with Crippen molar-refractivity contribution in [3.8, 4) is 0 Å². The first kappa shape index (κ1) is 17.9. The Morgan fingerprint density at radius 3 is 2.62 bits per heavy atom. The molecule has 148 valence electrons. The summed E-state index contributed by atoms with van der Waals surface area (Å²) in [5.41, 5.74) is 3.55. The fourth-order valence-corrected chi connectivity index (χ4v) is 5.05. The summed E-state index contributed by atoms with van der Waals surface area (Å²) in [6, 6.07) is 16.0. The number of rotatable bonds is 2. The molecule has 0 fully saturated rings. The van der Waals surface area contributed by atoms with E-state index >= 15 is 0 Å². The van der Waals surface area contributed by atoms with E-state index in [9.17, 15) is 9.59 Å². The standard InChI is InChI=1S/C23H24N4O2/c1-15(28)27-13-12-17-16-8-4-6-10-19(16)24-21(17)23(27)18-9-5-7-11-20(18)26(22(23)29)14-25(2)3/h4-11,24H,12-14H2,1-3H3. The highest BCUT2D eigenvalue weighted by Gasteiger charge is 2.60. The number of nitrogens with zero attached hydrogens (tertiary/aromatic N) is 3. The van der Waals surface area contributed by atoms with E-state index in [1.165, 1.54) is 0 Å². The molecule has 0 radical (unpaired) electrons.